The number of hydrogen-bond acceptors (Lipinski definition) is 1. The Morgan fingerprint density at radius 2 is 1.86 bits per heavy atom. The van der Waals surface area contributed by atoms with Crippen molar-refractivity contribution in [3.63, 3.8) is 0 Å². The third-order valence-electron chi connectivity index (χ3n) is 3.86. The summed E-state index contributed by atoms with van der Waals surface area (Å²) in [6.07, 6.45) is 4.18. The Morgan fingerprint density at radius 1 is 1.21 bits per heavy atom. The van der Waals surface area contributed by atoms with Crippen LogP contribution in [0.5, 0.6) is 0 Å². The molecule has 1 aliphatic rings. The van der Waals surface area contributed by atoms with Crippen molar-refractivity contribution in [3.05, 3.63) is 0 Å². The zero-order valence-corrected chi connectivity index (χ0v) is 10.6. The van der Waals surface area contributed by atoms with Crippen LogP contribution in [-0.2, 0) is 0 Å². The molecule has 0 radical (unpaired) electrons. The van der Waals surface area contributed by atoms with Crippen molar-refractivity contribution in [1.29, 1.82) is 0 Å². The lowest BCUT2D eigenvalue weighted by atomic mass is 9.68. The van der Waals surface area contributed by atoms with Crippen LogP contribution in [0.3, 0.4) is 0 Å². The van der Waals surface area contributed by atoms with Crippen LogP contribution >= 0.6 is 0 Å². The number of nitrogens with one attached hydrogen (secondary N) is 1. The first-order valence-electron chi connectivity index (χ1n) is 6.18. The van der Waals surface area contributed by atoms with E-state index in [4.69, 9.17) is 0 Å². The van der Waals surface area contributed by atoms with Gasteiger partial charge >= 0.3 is 0 Å². The van der Waals surface area contributed by atoms with E-state index >= 15 is 0 Å². The average molecular weight is 197 g/mol. The molecule has 0 amide bonds. The topological polar surface area (TPSA) is 12.0 Å². The van der Waals surface area contributed by atoms with Gasteiger partial charge in [-0.25, -0.2) is 0 Å². The summed E-state index contributed by atoms with van der Waals surface area (Å²) >= 11 is 0. The van der Waals surface area contributed by atoms with Gasteiger partial charge in [0, 0.05) is 6.04 Å². The van der Waals surface area contributed by atoms with E-state index in [2.05, 4.69) is 39.9 Å². The predicted octanol–water partition coefficient (Wildman–Crippen LogP) is 3.45. The summed E-state index contributed by atoms with van der Waals surface area (Å²) in [6.45, 7) is 12.9. The van der Waals surface area contributed by atoms with Gasteiger partial charge in [-0.3, -0.25) is 0 Å². The Kier molecular flexibility index (Phi) is 4.00. The minimum absolute atomic E-state index is 0.505. The number of rotatable bonds is 2. The maximum absolute atomic E-state index is 3.61. The Balaban J connectivity index is 2.46. The summed E-state index contributed by atoms with van der Waals surface area (Å²) in [7, 11) is 0. The van der Waals surface area contributed by atoms with Crippen molar-refractivity contribution in [2.24, 2.45) is 17.3 Å². The van der Waals surface area contributed by atoms with Gasteiger partial charge in [0.05, 0.1) is 0 Å². The van der Waals surface area contributed by atoms with E-state index < -0.39 is 0 Å². The molecule has 0 bridgehead atoms. The molecule has 0 saturated heterocycles. The summed E-state index contributed by atoms with van der Waals surface area (Å²) in [5, 5.41) is 3.61. The molecule has 1 rings (SSSR count). The minimum Gasteiger partial charge on any atom is -0.314 e. The lowest BCUT2D eigenvalue weighted by Gasteiger charge is -2.41. The highest BCUT2D eigenvalue weighted by molar-refractivity contribution is 4.86. The van der Waals surface area contributed by atoms with E-state index in [0.717, 1.165) is 24.4 Å². The molecule has 0 aromatic carbocycles. The summed E-state index contributed by atoms with van der Waals surface area (Å²) in [6, 6.07) is 0.776. The lowest BCUT2D eigenvalue weighted by molar-refractivity contribution is 0.122. The molecule has 3 atom stereocenters. The third-order valence-corrected chi connectivity index (χ3v) is 3.86. The van der Waals surface area contributed by atoms with Crippen molar-refractivity contribution in [1.82, 2.24) is 5.32 Å². The van der Waals surface area contributed by atoms with Crippen LogP contribution in [-0.4, -0.2) is 12.6 Å². The lowest BCUT2D eigenvalue weighted by Crippen LogP contribution is -2.41. The first kappa shape index (κ1) is 12.0. The summed E-state index contributed by atoms with van der Waals surface area (Å²) in [5.74, 6) is 1.78. The summed E-state index contributed by atoms with van der Waals surface area (Å²) in [5.41, 5.74) is 0.505. The normalized spacial score (nSPS) is 34.5. The summed E-state index contributed by atoms with van der Waals surface area (Å²) in [4.78, 5) is 0. The average Bonchev–Trinajstić information content (AvgIpc) is 2.07. The standard InChI is InChI=1S/C13H27N/c1-6-14-12-8-7-11(9-10(12)2)13(3,4)5/h10-12,14H,6-9H2,1-5H3. The van der Waals surface area contributed by atoms with Gasteiger partial charge in [-0.15, -0.1) is 0 Å². The second-order valence-electron chi connectivity index (χ2n) is 6.02. The second-order valence-corrected chi connectivity index (χ2v) is 6.02. The van der Waals surface area contributed by atoms with Crippen molar-refractivity contribution in [2.45, 2.75) is 59.9 Å². The van der Waals surface area contributed by atoms with Gasteiger partial charge in [0.25, 0.3) is 0 Å². The minimum atomic E-state index is 0.505. The SMILES string of the molecule is CCNC1CCC(C(C)(C)C)CC1C. The Morgan fingerprint density at radius 3 is 2.29 bits per heavy atom. The van der Waals surface area contributed by atoms with E-state index in [0.29, 0.717) is 5.41 Å². The molecule has 1 saturated carbocycles. The fourth-order valence-electron chi connectivity index (χ4n) is 2.75. The quantitative estimate of drug-likeness (QED) is 0.715. The molecule has 0 aliphatic heterocycles. The molecule has 1 aliphatic carbocycles. The molecular weight excluding hydrogens is 170 g/mol. The molecule has 0 aromatic rings. The summed E-state index contributed by atoms with van der Waals surface area (Å²) < 4.78 is 0. The van der Waals surface area contributed by atoms with Gasteiger partial charge in [-0.2, -0.15) is 0 Å². The monoisotopic (exact) mass is 197 g/mol. The Hall–Kier alpha value is -0.0400. The maximum Gasteiger partial charge on any atom is 0.00927 e. The molecular formula is C13H27N. The molecule has 0 aromatic heterocycles. The fraction of sp³-hybridized carbons (Fsp3) is 1.00. The fourth-order valence-corrected chi connectivity index (χ4v) is 2.75. The zero-order chi connectivity index (χ0) is 10.8. The van der Waals surface area contributed by atoms with Crippen molar-refractivity contribution in [2.75, 3.05) is 6.54 Å². The van der Waals surface area contributed by atoms with E-state index in [1.165, 1.54) is 19.3 Å². The van der Waals surface area contributed by atoms with Crippen LogP contribution in [0.25, 0.3) is 0 Å². The first-order valence-corrected chi connectivity index (χ1v) is 6.18. The van der Waals surface area contributed by atoms with Crippen LogP contribution in [0, 0.1) is 17.3 Å². The van der Waals surface area contributed by atoms with Crippen molar-refractivity contribution >= 4 is 0 Å². The molecule has 14 heavy (non-hydrogen) atoms. The highest BCUT2D eigenvalue weighted by Gasteiger charge is 2.33. The van der Waals surface area contributed by atoms with E-state index in [-0.39, 0.29) is 0 Å². The highest BCUT2D eigenvalue weighted by atomic mass is 14.9. The zero-order valence-electron chi connectivity index (χ0n) is 10.6. The molecule has 0 heterocycles. The Labute approximate surface area is 89.7 Å². The number of hydrogen-bond donors (Lipinski definition) is 1. The largest absolute Gasteiger partial charge is 0.314 e. The van der Waals surface area contributed by atoms with Gasteiger partial charge in [-0.1, -0.05) is 34.6 Å². The maximum atomic E-state index is 3.61. The van der Waals surface area contributed by atoms with Crippen LogP contribution in [0.1, 0.15) is 53.9 Å². The van der Waals surface area contributed by atoms with E-state index in [1.54, 1.807) is 0 Å². The van der Waals surface area contributed by atoms with Gasteiger partial charge in [0.1, 0.15) is 0 Å². The van der Waals surface area contributed by atoms with E-state index in [9.17, 15) is 0 Å². The van der Waals surface area contributed by atoms with Gasteiger partial charge in [-0.05, 0) is 43.1 Å². The molecule has 1 fully saturated rings. The smallest absolute Gasteiger partial charge is 0.00927 e. The van der Waals surface area contributed by atoms with Crippen LogP contribution in [0.15, 0.2) is 0 Å². The predicted molar refractivity (Wildman–Crippen MR) is 63.4 cm³/mol. The van der Waals surface area contributed by atoms with E-state index in [1.807, 2.05) is 0 Å². The van der Waals surface area contributed by atoms with Gasteiger partial charge in [0.2, 0.25) is 0 Å². The molecule has 1 nitrogen and oxygen atoms in total. The molecule has 0 spiro atoms. The van der Waals surface area contributed by atoms with Crippen LogP contribution in [0.4, 0.5) is 0 Å². The molecule has 1 heteroatoms. The second kappa shape index (κ2) is 4.65. The van der Waals surface area contributed by atoms with Crippen molar-refractivity contribution in [3.8, 4) is 0 Å². The van der Waals surface area contributed by atoms with Gasteiger partial charge in [0.15, 0.2) is 0 Å². The van der Waals surface area contributed by atoms with Gasteiger partial charge < -0.3 is 5.32 Å². The highest BCUT2D eigenvalue weighted by Crippen LogP contribution is 2.40. The Bertz CT molecular complexity index is 169. The molecule has 84 valence electrons. The molecule has 1 N–H and O–H groups in total. The van der Waals surface area contributed by atoms with Crippen LogP contribution in [0.2, 0.25) is 0 Å². The molecule has 3 unspecified atom stereocenters. The van der Waals surface area contributed by atoms with Crippen LogP contribution < -0.4 is 5.32 Å². The third kappa shape index (κ3) is 2.98. The first-order chi connectivity index (χ1) is 6.45. The van der Waals surface area contributed by atoms with Crippen molar-refractivity contribution < 1.29 is 0 Å².